The van der Waals surface area contributed by atoms with Crippen molar-refractivity contribution in [2.45, 2.75) is 20.8 Å². The van der Waals surface area contributed by atoms with Gasteiger partial charge in [0.15, 0.2) is 0 Å². The number of hydrogen-bond acceptors (Lipinski definition) is 0. The van der Waals surface area contributed by atoms with E-state index < -0.39 is 0 Å². The Bertz CT molecular complexity index is 573. The van der Waals surface area contributed by atoms with E-state index in [1.807, 2.05) is 51.1 Å². The molecule has 0 aliphatic carbocycles. The molecule has 1 aromatic heterocycles. The van der Waals surface area contributed by atoms with Crippen LogP contribution in [0.5, 0.6) is 0 Å². The van der Waals surface area contributed by atoms with E-state index in [1.54, 1.807) is 11.6 Å². The molecule has 0 radical (unpaired) electrons. The van der Waals surface area contributed by atoms with Gasteiger partial charge in [-0.25, -0.2) is 0 Å². The first-order valence-corrected chi connectivity index (χ1v) is 5.74. The highest BCUT2D eigenvalue weighted by Crippen LogP contribution is 2.22. The van der Waals surface area contributed by atoms with Gasteiger partial charge in [-0.2, -0.15) is 4.57 Å². The Hall–Kier alpha value is -1.70. The molecule has 0 fully saturated rings. The number of hydrogen-bond donors (Lipinski definition) is 0. The number of aryl methyl sites for hydroxylation is 2. The second-order valence-corrected chi connectivity index (χ2v) is 4.50. The molecule has 0 aliphatic heterocycles. The summed E-state index contributed by atoms with van der Waals surface area (Å²) in [6.07, 6.45) is 0. The lowest BCUT2D eigenvalue weighted by atomic mass is 10.0. The highest BCUT2D eigenvalue weighted by Gasteiger charge is 2.20. The fraction of sp³-hybridized carbons (Fsp3) is 0.267. The number of aromatic nitrogens is 1. The minimum atomic E-state index is -0.164. The maximum Gasteiger partial charge on any atom is 0.363 e. The van der Waals surface area contributed by atoms with Gasteiger partial charge in [0.25, 0.3) is 0 Å². The number of rotatable bonds is 1. The molecule has 0 spiro atoms. The molecule has 0 saturated heterocycles. The number of pyridine rings is 1. The van der Waals surface area contributed by atoms with Gasteiger partial charge in [0.1, 0.15) is 7.05 Å². The van der Waals surface area contributed by atoms with Crippen LogP contribution in [0.4, 0.5) is 4.39 Å². The summed E-state index contributed by atoms with van der Waals surface area (Å²) in [6.45, 7) is 5.80. The van der Waals surface area contributed by atoms with Crippen molar-refractivity contribution in [2.24, 2.45) is 7.05 Å². The van der Waals surface area contributed by atoms with Crippen LogP contribution in [-0.2, 0) is 7.05 Å². The van der Waals surface area contributed by atoms with Crippen LogP contribution in [0, 0.1) is 26.7 Å². The molecule has 0 aliphatic rings. The maximum atomic E-state index is 14.0. The van der Waals surface area contributed by atoms with Gasteiger partial charge >= 0.3 is 5.95 Å². The molecule has 88 valence electrons. The predicted molar refractivity (Wildman–Crippen MR) is 67.2 cm³/mol. The highest BCUT2D eigenvalue weighted by molar-refractivity contribution is 5.61. The summed E-state index contributed by atoms with van der Waals surface area (Å²) in [5.41, 5.74) is 4.86. The normalized spacial score (nSPS) is 10.6. The summed E-state index contributed by atoms with van der Waals surface area (Å²) in [7, 11) is 1.77. The number of benzene rings is 1. The van der Waals surface area contributed by atoms with E-state index in [1.165, 1.54) is 0 Å². The van der Waals surface area contributed by atoms with Crippen molar-refractivity contribution < 1.29 is 8.96 Å². The quantitative estimate of drug-likeness (QED) is 0.523. The first-order valence-electron chi connectivity index (χ1n) is 5.74. The smallest absolute Gasteiger partial charge is 0.169 e. The van der Waals surface area contributed by atoms with Crippen LogP contribution in [0.2, 0.25) is 0 Å². The van der Waals surface area contributed by atoms with Gasteiger partial charge < -0.3 is 0 Å². The standard InChI is InChI=1S/C15H17FN/c1-10-7-5-6-8-13(10)14-9-11(2)12(3)15(16)17(14)4/h5-9H,1-4H3/q+1. The topological polar surface area (TPSA) is 3.88 Å². The van der Waals surface area contributed by atoms with Gasteiger partial charge in [-0.3, -0.25) is 0 Å². The molecule has 0 saturated carbocycles. The van der Waals surface area contributed by atoms with Crippen molar-refractivity contribution in [2.75, 3.05) is 0 Å². The Morgan fingerprint density at radius 1 is 1.00 bits per heavy atom. The van der Waals surface area contributed by atoms with E-state index in [0.717, 1.165) is 22.4 Å². The molecular weight excluding hydrogens is 213 g/mol. The molecule has 1 heterocycles. The van der Waals surface area contributed by atoms with Gasteiger partial charge in [0.2, 0.25) is 5.69 Å². The van der Waals surface area contributed by atoms with E-state index in [-0.39, 0.29) is 5.95 Å². The predicted octanol–water partition coefficient (Wildman–Crippen LogP) is 3.24. The molecule has 2 aromatic rings. The third kappa shape index (κ3) is 1.95. The van der Waals surface area contributed by atoms with Crippen LogP contribution in [0.25, 0.3) is 11.3 Å². The second kappa shape index (κ2) is 4.28. The minimum Gasteiger partial charge on any atom is -0.169 e. The van der Waals surface area contributed by atoms with E-state index in [2.05, 4.69) is 0 Å². The Morgan fingerprint density at radius 2 is 1.65 bits per heavy atom. The zero-order chi connectivity index (χ0) is 12.6. The minimum absolute atomic E-state index is 0.164. The molecule has 2 heteroatoms. The van der Waals surface area contributed by atoms with Gasteiger partial charge in [0.05, 0.1) is 5.56 Å². The highest BCUT2D eigenvalue weighted by atomic mass is 19.1. The van der Waals surface area contributed by atoms with Crippen molar-refractivity contribution in [3.63, 3.8) is 0 Å². The molecule has 0 atom stereocenters. The molecule has 0 unspecified atom stereocenters. The Morgan fingerprint density at radius 3 is 2.29 bits per heavy atom. The molecular formula is C15H17FN+. The Kier molecular flexibility index (Phi) is 2.97. The zero-order valence-electron chi connectivity index (χ0n) is 10.7. The third-order valence-electron chi connectivity index (χ3n) is 3.33. The molecule has 0 bridgehead atoms. The van der Waals surface area contributed by atoms with Gasteiger partial charge in [-0.05, 0) is 38.0 Å². The fourth-order valence-electron chi connectivity index (χ4n) is 2.05. The van der Waals surface area contributed by atoms with Crippen LogP contribution in [0.1, 0.15) is 16.7 Å². The molecule has 2 rings (SSSR count). The molecule has 1 aromatic carbocycles. The van der Waals surface area contributed by atoms with Crippen LogP contribution in [0.15, 0.2) is 30.3 Å². The Balaban J connectivity index is 2.73. The van der Waals surface area contributed by atoms with Crippen LogP contribution in [-0.4, -0.2) is 0 Å². The van der Waals surface area contributed by atoms with E-state index in [4.69, 9.17) is 0 Å². The lowest BCUT2D eigenvalue weighted by Crippen LogP contribution is -2.37. The molecule has 1 nitrogen and oxygen atoms in total. The largest absolute Gasteiger partial charge is 0.363 e. The van der Waals surface area contributed by atoms with Crippen molar-refractivity contribution in [3.8, 4) is 11.3 Å². The van der Waals surface area contributed by atoms with Crippen molar-refractivity contribution in [1.29, 1.82) is 0 Å². The second-order valence-electron chi connectivity index (χ2n) is 4.50. The van der Waals surface area contributed by atoms with E-state index in [0.29, 0.717) is 5.56 Å². The average Bonchev–Trinajstić information content (AvgIpc) is 2.32. The van der Waals surface area contributed by atoms with Crippen LogP contribution in [0.3, 0.4) is 0 Å². The molecule has 0 N–H and O–H groups in total. The number of nitrogens with zero attached hydrogens (tertiary/aromatic N) is 1. The third-order valence-corrected chi connectivity index (χ3v) is 3.33. The molecule has 0 amide bonds. The van der Waals surface area contributed by atoms with Crippen molar-refractivity contribution in [1.82, 2.24) is 0 Å². The Labute approximate surface area is 102 Å². The number of halogens is 1. The SMILES string of the molecule is Cc1ccccc1-c1cc(C)c(C)c(F)[n+]1C. The van der Waals surface area contributed by atoms with Gasteiger partial charge in [-0.15, -0.1) is 4.39 Å². The van der Waals surface area contributed by atoms with E-state index >= 15 is 0 Å². The summed E-state index contributed by atoms with van der Waals surface area (Å²) in [4.78, 5) is 0. The fourth-order valence-corrected chi connectivity index (χ4v) is 2.05. The lowest BCUT2D eigenvalue weighted by molar-refractivity contribution is -0.690. The first kappa shape index (κ1) is 11.8. The lowest BCUT2D eigenvalue weighted by Gasteiger charge is -2.07. The van der Waals surface area contributed by atoms with Crippen LogP contribution < -0.4 is 4.57 Å². The first-order chi connectivity index (χ1) is 8.02. The van der Waals surface area contributed by atoms with E-state index in [9.17, 15) is 4.39 Å². The van der Waals surface area contributed by atoms with Crippen LogP contribution >= 0.6 is 0 Å². The summed E-state index contributed by atoms with van der Waals surface area (Å²) in [6, 6.07) is 10.1. The van der Waals surface area contributed by atoms with Crippen molar-refractivity contribution in [3.05, 3.63) is 53.0 Å². The monoisotopic (exact) mass is 230 g/mol. The summed E-state index contributed by atoms with van der Waals surface area (Å²) >= 11 is 0. The average molecular weight is 230 g/mol. The van der Waals surface area contributed by atoms with Crippen molar-refractivity contribution >= 4 is 0 Å². The maximum absolute atomic E-state index is 14.0. The summed E-state index contributed by atoms with van der Waals surface area (Å²) < 4.78 is 15.6. The summed E-state index contributed by atoms with van der Waals surface area (Å²) in [5, 5.41) is 0. The van der Waals surface area contributed by atoms with Gasteiger partial charge in [0, 0.05) is 11.6 Å². The zero-order valence-corrected chi connectivity index (χ0v) is 10.7. The van der Waals surface area contributed by atoms with Gasteiger partial charge in [-0.1, -0.05) is 18.2 Å². The molecule has 17 heavy (non-hydrogen) atoms. The summed E-state index contributed by atoms with van der Waals surface area (Å²) in [5.74, 6) is -0.164.